The third kappa shape index (κ3) is 3.96. The first-order chi connectivity index (χ1) is 11.5. The standard InChI is InChI=1S/C16H19BN2O5/c1-12-8-14(24-19(9-12)13-6-4-3-5-7-13)17-22-15(20)10-18(2)11-16(21)23-17/h3-8,14H,9-11H2,1-2H3. The molecule has 7 nitrogen and oxygen atoms in total. The number of nitrogens with zero attached hydrogens (tertiary/aromatic N) is 2. The molecule has 0 aromatic heterocycles. The number of anilines is 1. The minimum atomic E-state index is -1.10. The van der Waals surface area contributed by atoms with Crippen molar-refractivity contribution in [2.45, 2.75) is 12.9 Å². The third-order valence-corrected chi connectivity index (χ3v) is 3.70. The molecule has 0 saturated carbocycles. The lowest BCUT2D eigenvalue weighted by atomic mass is 9.79. The molecule has 1 fully saturated rings. The van der Waals surface area contributed by atoms with Gasteiger partial charge in [0.2, 0.25) is 0 Å². The monoisotopic (exact) mass is 330 g/mol. The topological polar surface area (TPSA) is 68.3 Å². The lowest BCUT2D eigenvalue weighted by Gasteiger charge is -2.34. The van der Waals surface area contributed by atoms with Crippen molar-refractivity contribution in [3.05, 3.63) is 42.0 Å². The molecule has 2 aliphatic rings. The van der Waals surface area contributed by atoms with Crippen LogP contribution in [0.15, 0.2) is 42.0 Å². The predicted molar refractivity (Wildman–Crippen MR) is 87.9 cm³/mol. The SMILES string of the molecule is CC1=CC(B2OC(=O)CN(C)CC(=O)O2)ON(c2ccccc2)C1. The van der Waals surface area contributed by atoms with Gasteiger partial charge in [-0.05, 0) is 26.1 Å². The van der Waals surface area contributed by atoms with Crippen molar-refractivity contribution in [3.63, 3.8) is 0 Å². The lowest BCUT2D eigenvalue weighted by Crippen LogP contribution is -2.51. The molecule has 0 radical (unpaired) electrons. The molecule has 1 atom stereocenters. The van der Waals surface area contributed by atoms with Gasteiger partial charge in [0.25, 0.3) is 0 Å². The molecule has 8 heteroatoms. The summed E-state index contributed by atoms with van der Waals surface area (Å²) in [6, 6.07) is 8.89. The second kappa shape index (κ2) is 7.06. The van der Waals surface area contributed by atoms with Crippen LogP contribution in [0.2, 0.25) is 0 Å². The zero-order valence-corrected chi connectivity index (χ0v) is 13.7. The van der Waals surface area contributed by atoms with Crippen LogP contribution < -0.4 is 5.06 Å². The first kappa shape index (κ1) is 16.5. The molecule has 0 spiro atoms. The van der Waals surface area contributed by atoms with E-state index in [0.717, 1.165) is 11.3 Å². The van der Waals surface area contributed by atoms with Crippen LogP contribution in [0.4, 0.5) is 5.69 Å². The Hall–Kier alpha value is -2.32. The average Bonchev–Trinajstić information content (AvgIpc) is 2.53. The molecular formula is C16H19BN2O5. The van der Waals surface area contributed by atoms with Crippen molar-refractivity contribution in [3.8, 4) is 0 Å². The van der Waals surface area contributed by atoms with E-state index in [-0.39, 0.29) is 13.1 Å². The van der Waals surface area contributed by atoms with E-state index in [0.29, 0.717) is 6.54 Å². The highest BCUT2D eigenvalue weighted by molar-refractivity contribution is 6.51. The van der Waals surface area contributed by atoms with E-state index in [1.165, 1.54) is 0 Å². The van der Waals surface area contributed by atoms with Gasteiger partial charge in [-0.2, -0.15) is 0 Å². The van der Waals surface area contributed by atoms with Crippen LogP contribution in [-0.4, -0.2) is 56.6 Å². The van der Waals surface area contributed by atoms with Crippen LogP contribution in [0.1, 0.15) is 6.92 Å². The normalized spacial score (nSPS) is 23.1. The van der Waals surface area contributed by atoms with Crippen LogP contribution in [0.5, 0.6) is 0 Å². The summed E-state index contributed by atoms with van der Waals surface area (Å²) in [5.41, 5.74) is 1.90. The summed E-state index contributed by atoms with van der Waals surface area (Å²) in [7, 11) is 0.557. The number of benzene rings is 1. The number of hydroxylamine groups is 1. The van der Waals surface area contributed by atoms with Gasteiger partial charge in [-0.3, -0.25) is 19.3 Å². The van der Waals surface area contributed by atoms with Crippen LogP contribution >= 0.6 is 0 Å². The third-order valence-electron chi connectivity index (χ3n) is 3.70. The molecular weight excluding hydrogens is 311 g/mol. The maximum Gasteiger partial charge on any atom is 0.636 e. The number of carbonyl (C=O) groups is 2. The highest BCUT2D eigenvalue weighted by atomic mass is 16.7. The minimum Gasteiger partial charge on any atom is -0.496 e. The molecule has 0 aliphatic carbocycles. The van der Waals surface area contributed by atoms with Gasteiger partial charge in [-0.1, -0.05) is 29.8 Å². The van der Waals surface area contributed by atoms with Crippen molar-refractivity contribution in [1.29, 1.82) is 0 Å². The molecule has 2 heterocycles. The maximum atomic E-state index is 11.9. The maximum absolute atomic E-state index is 11.9. The fourth-order valence-electron chi connectivity index (χ4n) is 2.64. The second-order valence-corrected chi connectivity index (χ2v) is 5.98. The zero-order valence-electron chi connectivity index (χ0n) is 13.7. The number of likely N-dealkylation sites (N-methyl/N-ethyl adjacent to an activating group) is 1. The fourth-order valence-corrected chi connectivity index (χ4v) is 2.64. The van der Waals surface area contributed by atoms with E-state index >= 15 is 0 Å². The fraction of sp³-hybridized carbons (Fsp3) is 0.375. The van der Waals surface area contributed by atoms with E-state index in [1.54, 1.807) is 17.0 Å². The first-order valence-corrected chi connectivity index (χ1v) is 7.75. The van der Waals surface area contributed by atoms with Gasteiger partial charge in [-0.15, -0.1) is 0 Å². The number of para-hydroxylation sites is 1. The van der Waals surface area contributed by atoms with Gasteiger partial charge in [0, 0.05) is 0 Å². The largest absolute Gasteiger partial charge is 0.636 e. The Morgan fingerprint density at radius 3 is 2.29 bits per heavy atom. The average molecular weight is 330 g/mol. The van der Waals surface area contributed by atoms with Gasteiger partial charge in [0.1, 0.15) is 0 Å². The number of hydrogen-bond acceptors (Lipinski definition) is 7. The molecule has 24 heavy (non-hydrogen) atoms. The van der Waals surface area contributed by atoms with Gasteiger partial charge in [0.15, 0.2) is 6.00 Å². The highest BCUT2D eigenvalue weighted by Crippen LogP contribution is 2.23. The van der Waals surface area contributed by atoms with Crippen molar-refractivity contribution in [2.75, 3.05) is 31.7 Å². The van der Waals surface area contributed by atoms with E-state index < -0.39 is 25.1 Å². The molecule has 1 saturated heterocycles. The van der Waals surface area contributed by atoms with Gasteiger partial charge in [0.05, 0.1) is 25.3 Å². The molecule has 2 aliphatic heterocycles. The molecule has 3 rings (SSSR count). The Balaban J connectivity index is 1.78. The van der Waals surface area contributed by atoms with E-state index in [4.69, 9.17) is 14.1 Å². The summed E-state index contributed by atoms with van der Waals surface area (Å²) in [5.74, 6) is -0.914. The van der Waals surface area contributed by atoms with Crippen molar-refractivity contribution in [1.82, 2.24) is 4.90 Å². The summed E-state index contributed by atoms with van der Waals surface area (Å²) in [4.78, 5) is 31.2. The van der Waals surface area contributed by atoms with Crippen molar-refractivity contribution < 1.29 is 23.7 Å². The summed E-state index contributed by atoms with van der Waals surface area (Å²) in [6.45, 7) is 2.59. The van der Waals surface area contributed by atoms with Crippen LogP contribution in [-0.2, 0) is 23.7 Å². The molecule has 0 amide bonds. The Bertz CT molecular complexity index is 631. The molecule has 1 aromatic rings. The summed E-state index contributed by atoms with van der Waals surface area (Å²) in [5, 5.41) is 1.70. The van der Waals surface area contributed by atoms with Crippen molar-refractivity contribution >= 4 is 24.7 Å². The van der Waals surface area contributed by atoms with Crippen LogP contribution in [0.25, 0.3) is 0 Å². The smallest absolute Gasteiger partial charge is 0.496 e. The molecule has 0 bridgehead atoms. The van der Waals surface area contributed by atoms with Gasteiger partial charge < -0.3 is 9.31 Å². The second-order valence-electron chi connectivity index (χ2n) is 5.98. The van der Waals surface area contributed by atoms with Crippen molar-refractivity contribution in [2.24, 2.45) is 0 Å². The van der Waals surface area contributed by atoms with E-state index in [1.807, 2.05) is 43.3 Å². The lowest BCUT2D eigenvalue weighted by molar-refractivity contribution is -0.147. The summed E-state index contributed by atoms with van der Waals surface area (Å²) >= 11 is 0. The predicted octanol–water partition coefficient (Wildman–Crippen LogP) is 0.812. The first-order valence-electron chi connectivity index (χ1n) is 7.75. The van der Waals surface area contributed by atoms with Gasteiger partial charge in [-0.25, -0.2) is 5.06 Å². The zero-order chi connectivity index (χ0) is 17.1. The van der Waals surface area contributed by atoms with Crippen LogP contribution in [0, 0.1) is 0 Å². The molecule has 0 N–H and O–H groups in total. The molecule has 1 aromatic carbocycles. The molecule has 1 unspecified atom stereocenters. The quantitative estimate of drug-likeness (QED) is 0.587. The number of rotatable bonds is 2. The van der Waals surface area contributed by atoms with Crippen LogP contribution in [0.3, 0.4) is 0 Å². The Kier molecular flexibility index (Phi) is 4.87. The summed E-state index contributed by atoms with van der Waals surface area (Å²) < 4.78 is 10.6. The Morgan fingerprint density at radius 2 is 1.67 bits per heavy atom. The highest BCUT2D eigenvalue weighted by Gasteiger charge is 2.42. The van der Waals surface area contributed by atoms with Gasteiger partial charge >= 0.3 is 19.1 Å². The minimum absolute atomic E-state index is 0.0312. The Morgan fingerprint density at radius 1 is 1.04 bits per heavy atom. The van der Waals surface area contributed by atoms with E-state index in [9.17, 15) is 9.59 Å². The van der Waals surface area contributed by atoms with E-state index in [2.05, 4.69) is 0 Å². The number of carbonyl (C=O) groups excluding carboxylic acids is 2. The number of hydrogen-bond donors (Lipinski definition) is 0. The summed E-state index contributed by atoms with van der Waals surface area (Å²) in [6.07, 6.45) is 1.82. The Labute approximate surface area is 140 Å². The molecule has 126 valence electrons.